The Morgan fingerprint density at radius 3 is 2.48 bits per heavy atom. The number of carboxylic acid groups (broad SMARTS) is 1. The van der Waals surface area contributed by atoms with E-state index in [1.165, 1.54) is 18.2 Å². The van der Waals surface area contributed by atoms with Crippen LogP contribution in [-0.2, 0) is 4.79 Å². The quantitative estimate of drug-likeness (QED) is 0.290. The van der Waals surface area contributed by atoms with Crippen molar-refractivity contribution in [3.63, 3.8) is 0 Å². The van der Waals surface area contributed by atoms with Gasteiger partial charge in [-0.05, 0) is 53.3 Å². The summed E-state index contributed by atoms with van der Waals surface area (Å²) < 4.78 is 48.2. The highest BCUT2D eigenvalue weighted by molar-refractivity contribution is 5.86. The molecule has 0 bridgehead atoms. The number of fused-ring (bicyclic) bond motifs is 1. The number of carboxylic acids is 1. The molecule has 9 nitrogen and oxygen atoms in total. The van der Waals surface area contributed by atoms with Gasteiger partial charge < -0.3 is 25.8 Å². The fourth-order valence-corrected chi connectivity index (χ4v) is 5.89. The number of nitrogens with two attached hydrogens (primary N) is 1. The number of benzene rings is 2. The van der Waals surface area contributed by atoms with E-state index in [1.807, 2.05) is 29.2 Å². The van der Waals surface area contributed by atoms with Crippen LogP contribution >= 0.6 is 0 Å². The molecule has 0 aliphatic carbocycles. The maximum atomic E-state index is 14.2. The van der Waals surface area contributed by atoms with Crippen molar-refractivity contribution in [1.29, 1.82) is 0 Å². The van der Waals surface area contributed by atoms with Crippen molar-refractivity contribution in [2.45, 2.75) is 37.6 Å². The summed E-state index contributed by atoms with van der Waals surface area (Å²) in [6.45, 7) is 1.72. The van der Waals surface area contributed by atoms with E-state index < -0.39 is 24.3 Å². The number of anilines is 2. The van der Waals surface area contributed by atoms with E-state index in [9.17, 15) is 23.1 Å². The number of hydrogen-bond donors (Lipinski definition) is 3. The Kier molecular flexibility index (Phi) is 7.09. The summed E-state index contributed by atoms with van der Waals surface area (Å²) in [6, 6.07) is 14.6. The summed E-state index contributed by atoms with van der Waals surface area (Å²) in [6.07, 6.45) is -1.56. The second kappa shape index (κ2) is 10.8. The average Bonchev–Trinajstić information content (AvgIpc) is 3.39. The summed E-state index contributed by atoms with van der Waals surface area (Å²) in [4.78, 5) is 25.6. The topological polar surface area (TPSA) is 126 Å². The summed E-state index contributed by atoms with van der Waals surface area (Å²) in [5, 5.41) is 14.3. The van der Waals surface area contributed by atoms with Gasteiger partial charge in [0.1, 0.15) is 11.9 Å². The van der Waals surface area contributed by atoms with Crippen molar-refractivity contribution < 1.29 is 27.8 Å². The molecule has 0 amide bonds. The summed E-state index contributed by atoms with van der Waals surface area (Å²) in [5.41, 5.74) is 7.30. The van der Waals surface area contributed by atoms with Crippen LogP contribution < -0.4 is 20.7 Å². The van der Waals surface area contributed by atoms with E-state index in [0.717, 1.165) is 34.7 Å². The predicted octanol–water partition coefficient (Wildman–Crippen LogP) is 4.99. The third kappa shape index (κ3) is 5.67. The van der Waals surface area contributed by atoms with E-state index in [-0.39, 0.29) is 22.8 Å². The molecule has 0 saturated carbocycles. The first kappa shape index (κ1) is 27.7. The van der Waals surface area contributed by atoms with Gasteiger partial charge in [0.05, 0.1) is 0 Å². The van der Waals surface area contributed by atoms with Crippen LogP contribution in [0.4, 0.5) is 24.9 Å². The molecule has 12 heteroatoms. The Morgan fingerprint density at radius 2 is 1.79 bits per heavy atom. The monoisotopic (exact) mass is 578 g/mol. The van der Waals surface area contributed by atoms with Crippen LogP contribution in [0.3, 0.4) is 0 Å². The molecule has 6 rings (SSSR count). The zero-order chi connectivity index (χ0) is 29.5. The van der Waals surface area contributed by atoms with Crippen molar-refractivity contribution in [3.05, 3.63) is 72.6 Å². The molecule has 2 fully saturated rings. The Hall–Kier alpha value is -4.45. The van der Waals surface area contributed by atoms with Crippen molar-refractivity contribution in [1.82, 2.24) is 20.3 Å². The number of aliphatic carboxylic acids is 1. The average molecular weight is 579 g/mol. The maximum Gasteiger partial charge on any atom is 0.429 e. The predicted molar refractivity (Wildman–Crippen MR) is 151 cm³/mol. The lowest BCUT2D eigenvalue weighted by molar-refractivity contribution is -0.198. The third-order valence-electron chi connectivity index (χ3n) is 8.24. The number of hydrogen-bond acceptors (Lipinski definition) is 8. The summed E-state index contributed by atoms with van der Waals surface area (Å²) in [7, 11) is 0. The van der Waals surface area contributed by atoms with Crippen LogP contribution in [0.15, 0.2) is 67.0 Å². The molecule has 1 spiro atoms. The minimum Gasteiger partial charge on any atom is -0.480 e. The molecule has 4 aromatic rings. The standard InChI is InChI=1S/C30H29F3N6O3/c31-30(32,33)26(20-4-1-18(2-5-20)21-6-3-19-7-10-35-16-22(19)13-21)42-25-14-24(37-28(34)38-25)39-11-8-29(9-12-39)15-23(27(40)41)36-17-29/h1-7,10,13-14,16,23,26,36H,8-9,11-12,15,17H2,(H,40,41)(H2,34,37,38)/t23-,26+/m0/s1. The number of nitrogen functional groups attached to an aromatic ring is 1. The van der Waals surface area contributed by atoms with Gasteiger partial charge in [0, 0.05) is 49.0 Å². The molecule has 2 aromatic heterocycles. The fraction of sp³-hybridized carbons (Fsp3) is 0.333. The molecule has 2 saturated heterocycles. The molecule has 4 N–H and O–H groups in total. The number of halogens is 3. The number of nitrogens with one attached hydrogen (secondary N) is 1. The lowest BCUT2D eigenvalue weighted by Gasteiger charge is -2.39. The van der Waals surface area contributed by atoms with E-state index in [2.05, 4.69) is 20.3 Å². The number of carbonyl (C=O) groups is 1. The second-order valence-corrected chi connectivity index (χ2v) is 11.0. The Labute approximate surface area is 239 Å². The molecular formula is C30H29F3N6O3. The van der Waals surface area contributed by atoms with Crippen LogP contribution in [0, 0.1) is 5.41 Å². The van der Waals surface area contributed by atoms with Gasteiger partial charge in [-0.15, -0.1) is 0 Å². The SMILES string of the molecule is Nc1nc(O[C@H](c2ccc(-c3ccc4ccncc4c3)cc2)C(F)(F)F)cc(N2CCC3(CC2)CN[C@H](C(=O)O)C3)n1. The highest BCUT2D eigenvalue weighted by atomic mass is 19.4. The normalized spacial score (nSPS) is 19.2. The number of nitrogens with zero attached hydrogens (tertiary/aromatic N) is 4. The summed E-state index contributed by atoms with van der Waals surface area (Å²) in [5.74, 6) is -0.965. The molecular weight excluding hydrogens is 549 g/mol. The highest BCUT2D eigenvalue weighted by Gasteiger charge is 2.45. The number of alkyl halides is 3. The molecule has 0 radical (unpaired) electrons. The minimum atomic E-state index is -4.72. The lowest BCUT2D eigenvalue weighted by Crippen LogP contribution is -2.41. The van der Waals surface area contributed by atoms with Gasteiger partial charge in [0.15, 0.2) is 0 Å². The first-order valence-electron chi connectivity index (χ1n) is 13.6. The van der Waals surface area contributed by atoms with E-state index in [1.54, 1.807) is 24.5 Å². The molecule has 218 valence electrons. The molecule has 2 aliphatic rings. The number of pyridine rings is 1. The smallest absolute Gasteiger partial charge is 0.429 e. The molecule has 2 aliphatic heterocycles. The Bertz CT molecular complexity index is 1610. The van der Waals surface area contributed by atoms with Crippen molar-refractivity contribution in [3.8, 4) is 17.0 Å². The second-order valence-electron chi connectivity index (χ2n) is 11.0. The van der Waals surface area contributed by atoms with Gasteiger partial charge in [0.25, 0.3) is 0 Å². The van der Waals surface area contributed by atoms with Crippen LogP contribution in [-0.4, -0.2) is 57.9 Å². The molecule has 4 heterocycles. The zero-order valence-electron chi connectivity index (χ0n) is 22.5. The first-order chi connectivity index (χ1) is 20.1. The van der Waals surface area contributed by atoms with Gasteiger partial charge >= 0.3 is 12.1 Å². The third-order valence-corrected chi connectivity index (χ3v) is 8.24. The highest BCUT2D eigenvalue weighted by Crippen LogP contribution is 2.41. The van der Waals surface area contributed by atoms with E-state index in [0.29, 0.717) is 31.9 Å². The Morgan fingerprint density at radius 1 is 1.05 bits per heavy atom. The number of ether oxygens (including phenoxy) is 1. The van der Waals surface area contributed by atoms with Gasteiger partial charge in [-0.2, -0.15) is 23.1 Å². The maximum absolute atomic E-state index is 14.2. The lowest BCUT2D eigenvalue weighted by atomic mass is 9.76. The number of aromatic nitrogens is 3. The largest absolute Gasteiger partial charge is 0.480 e. The number of piperidine rings is 1. The molecule has 42 heavy (non-hydrogen) atoms. The van der Waals surface area contributed by atoms with Gasteiger partial charge in [-0.25, -0.2) is 0 Å². The van der Waals surface area contributed by atoms with Crippen molar-refractivity contribution in [2.75, 3.05) is 30.3 Å². The zero-order valence-corrected chi connectivity index (χ0v) is 22.5. The van der Waals surface area contributed by atoms with E-state index >= 15 is 0 Å². The minimum absolute atomic E-state index is 0.0749. The molecule has 0 unspecified atom stereocenters. The Balaban J connectivity index is 1.19. The van der Waals surface area contributed by atoms with Crippen molar-refractivity contribution in [2.24, 2.45) is 5.41 Å². The molecule has 2 aromatic carbocycles. The van der Waals surface area contributed by atoms with Crippen LogP contribution in [0.5, 0.6) is 5.88 Å². The van der Waals surface area contributed by atoms with Crippen LogP contribution in [0.1, 0.15) is 30.9 Å². The van der Waals surface area contributed by atoms with E-state index in [4.69, 9.17) is 10.5 Å². The van der Waals surface area contributed by atoms with Gasteiger partial charge in [-0.3, -0.25) is 9.78 Å². The van der Waals surface area contributed by atoms with Crippen molar-refractivity contribution >= 4 is 28.5 Å². The van der Waals surface area contributed by atoms with Crippen LogP contribution in [0.25, 0.3) is 21.9 Å². The number of rotatable bonds is 6. The van der Waals surface area contributed by atoms with Crippen LogP contribution in [0.2, 0.25) is 0 Å². The fourth-order valence-electron chi connectivity index (χ4n) is 5.89. The molecule has 2 atom stereocenters. The van der Waals surface area contributed by atoms with Gasteiger partial charge in [-0.1, -0.05) is 36.4 Å². The first-order valence-corrected chi connectivity index (χ1v) is 13.6. The summed E-state index contributed by atoms with van der Waals surface area (Å²) >= 11 is 0. The van der Waals surface area contributed by atoms with Gasteiger partial charge in [0.2, 0.25) is 17.9 Å².